The van der Waals surface area contributed by atoms with Crippen molar-refractivity contribution in [3.63, 3.8) is 0 Å². The van der Waals surface area contributed by atoms with Gasteiger partial charge in [0.25, 0.3) is 0 Å². The van der Waals surface area contributed by atoms with E-state index in [0.29, 0.717) is 0 Å². The standard InChI is InChI=1S/C8H12N2S/c1-6-5-11-7(10-6)4-8(9)2-3-8/h5H,2-4,9H2,1H3. The highest BCUT2D eigenvalue weighted by atomic mass is 32.1. The number of hydrogen-bond donors (Lipinski definition) is 1. The fraction of sp³-hybridized carbons (Fsp3) is 0.625. The van der Waals surface area contributed by atoms with Crippen molar-refractivity contribution in [3.8, 4) is 0 Å². The summed E-state index contributed by atoms with van der Waals surface area (Å²) in [6, 6.07) is 0. The molecule has 1 aliphatic rings. The van der Waals surface area contributed by atoms with E-state index in [9.17, 15) is 0 Å². The van der Waals surface area contributed by atoms with Crippen molar-refractivity contribution in [2.45, 2.75) is 31.7 Å². The van der Waals surface area contributed by atoms with E-state index in [-0.39, 0.29) is 5.54 Å². The summed E-state index contributed by atoms with van der Waals surface area (Å²) in [7, 11) is 0. The molecular weight excluding hydrogens is 156 g/mol. The molecule has 0 aliphatic heterocycles. The lowest BCUT2D eigenvalue weighted by atomic mass is 10.2. The summed E-state index contributed by atoms with van der Waals surface area (Å²) < 4.78 is 0. The maximum Gasteiger partial charge on any atom is 0.0946 e. The molecule has 0 amide bonds. The number of rotatable bonds is 2. The highest BCUT2D eigenvalue weighted by molar-refractivity contribution is 7.09. The number of nitrogens with zero attached hydrogens (tertiary/aromatic N) is 1. The summed E-state index contributed by atoms with van der Waals surface area (Å²) >= 11 is 1.73. The fourth-order valence-electron chi connectivity index (χ4n) is 1.12. The highest BCUT2D eigenvalue weighted by Crippen LogP contribution is 2.36. The third-order valence-electron chi connectivity index (χ3n) is 2.06. The van der Waals surface area contributed by atoms with Crippen molar-refractivity contribution >= 4 is 11.3 Å². The molecule has 2 N–H and O–H groups in total. The zero-order valence-corrected chi connectivity index (χ0v) is 7.45. The van der Waals surface area contributed by atoms with Gasteiger partial charge in [-0.3, -0.25) is 0 Å². The minimum atomic E-state index is 0.115. The first-order valence-corrected chi connectivity index (χ1v) is 4.76. The quantitative estimate of drug-likeness (QED) is 0.726. The first kappa shape index (κ1) is 7.25. The Labute approximate surface area is 70.5 Å². The molecule has 0 radical (unpaired) electrons. The Balaban J connectivity index is 2.06. The largest absolute Gasteiger partial charge is 0.325 e. The summed E-state index contributed by atoms with van der Waals surface area (Å²) in [4.78, 5) is 4.37. The van der Waals surface area contributed by atoms with Gasteiger partial charge in [0, 0.05) is 23.0 Å². The van der Waals surface area contributed by atoms with Crippen LogP contribution in [0.15, 0.2) is 5.38 Å². The van der Waals surface area contributed by atoms with Gasteiger partial charge < -0.3 is 5.73 Å². The van der Waals surface area contributed by atoms with Crippen molar-refractivity contribution < 1.29 is 0 Å². The lowest BCUT2D eigenvalue weighted by molar-refractivity contribution is 0.668. The SMILES string of the molecule is Cc1csc(CC2(N)CC2)n1. The van der Waals surface area contributed by atoms with Gasteiger partial charge in [0.1, 0.15) is 0 Å². The Morgan fingerprint density at radius 2 is 2.45 bits per heavy atom. The predicted octanol–water partition coefficient (Wildman–Crippen LogP) is 1.49. The van der Waals surface area contributed by atoms with Crippen molar-refractivity contribution in [2.24, 2.45) is 5.73 Å². The van der Waals surface area contributed by atoms with Gasteiger partial charge in [-0.25, -0.2) is 4.98 Å². The molecule has 1 heterocycles. The minimum Gasteiger partial charge on any atom is -0.325 e. The molecule has 1 aromatic rings. The highest BCUT2D eigenvalue weighted by Gasteiger charge is 2.38. The van der Waals surface area contributed by atoms with Crippen molar-refractivity contribution in [1.29, 1.82) is 0 Å². The van der Waals surface area contributed by atoms with Crippen LogP contribution >= 0.6 is 11.3 Å². The number of thiazole rings is 1. The van der Waals surface area contributed by atoms with E-state index in [2.05, 4.69) is 10.4 Å². The average molecular weight is 168 g/mol. The van der Waals surface area contributed by atoms with Gasteiger partial charge in [-0.1, -0.05) is 0 Å². The molecule has 3 heteroatoms. The molecule has 0 spiro atoms. The molecule has 0 saturated heterocycles. The van der Waals surface area contributed by atoms with Crippen LogP contribution in [-0.4, -0.2) is 10.5 Å². The summed E-state index contributed by atoms with van der Waals surface area (Å²) in [6.07, 6.45) is 3.32. The monoisotopic (exact) mass is 168 g/mol. The molecule has 1 aromatic heterocycles. The first-order chi connectivity index (χ1) is 5.18. The third-order valence-corrected chi connectivity index (χ3v) is 3.03. The molecule has 1 fully saturated rings. The van der Waals surface area contributed by atoms with Crippen molar-refractivity contribution in [1.82, 2.24) is 4.98 Å². The van der Waals surface area contributed by atoms with Gasteiger partial charge in [-0.15, -0.1) is 11.3 Å². The maximum absolute atomic E-state index is 5.95. The molecule has 1 aliphatic carbocycles. The van der Waals surface area contributed by atoms with Gasteiger partial charge >= 0.3 is 0 Å². The van der Waals surface area contributed by atoms with E-state index in [1.165, 1.54) is 17.8 Å². The average Bonchev–Trinajstić information content (AvgIpc) is 2.49. The third kappa shape index (κ3) is 1.60. The number of aromatic nitrogens is 1. The zero-order chi connectivity index (χ0) is 7.90. The van der Waals surface area contributed by atoms with Crippen LogP contribution in [0, 0.1) is 6.92 Å². The topological polar surface area (TPSA) is 38.9 Å². The maximum atomic E-state index is 5.95. The second-order valence-corrected chi connectivity index (χ2v) is 4.36. The Hall–Kier alpha value is -0.410. The van der Waals surface area contributed by atoms with E-state index in [4.69, 9.17) is 5.73 Å². The Kier molecular flexibility index (Phi) is 1.51. The van der Waals surface area contributed by atoms with Gasteiger partial charge in [0.2, 0.25) is 0 Å². The number of nitrogens with two attached hydrogens (primary N) is 1. The molecule has 1 saturated carbocycles. The molecule has 60 valence electrons. The molecular formula is C8H12N2S. The lowest BCUT2D eigenvalue weighted by Crippen LogP contribution is -2.24. The van der Waals surface area contributed by atoms with E-state index in [1.54, 1.807) is 11.3 Å². The Bertz CT molecular complexity index is 263. The second-order valence-electron chi connectivity index (χ2n) is 3.42. The van der Waals surface area contributed by atoms with Gasteiger partial charge in [-0.2, -0.15) is 0 Å². The summed E-state index contributed by atoms with van der Waals surface area (Å²) in [5.41, 5.74) is 7.19. The summed E-state index contributed by atoms with van der Waals surface area (Å²) in [6.45, 7) is 2.02. The van der Waals surface area contributed by atoms with Crippen LogP contribution in [-0.2, 0) is 6.42 Å². The molecule has 0 atom stereocenters. The normalized spacial score (nSPS) is 20.2. The fourth-order valence-corrected chi connectivity index (χ4v) is 2.05. The minimum absolute atomic E-state index is 0.115. The van der Waals surface area contributed by atoms with Crippen LogP contribution in [0.2, 0.25) is 0 Å². The second kappa shape index (κ2) is 2.29. The van der Waals surface area contributed by atoms with E-state index < -0.39 is 0 Å². The van der Waals surface area contributed by atoms with Crippen molar-refractivity contribution in [3.05, 3.63) is 16.1 Å². The van der Waals surface area contributed by atoms with Gasteiger partial charge in [0.05, 0.1) is 5.01 Å². The molecule has 0 aromatic carbocycles. The number of aryl methyl sites for hydroxylation is 1. The summed E-state index contributed by atoms with van der Waals surface area (Å²) in [5, 5.41) is 3.28. The lowest BCUT2D eigenvalue weighted by Gasteiger charge is -2.03. The van der Waals surface area contributed by atoms with Crippen molar-refractivity contribution in [2.75, 3.05) is 0 Å². The Morgan fingerprint density at radius 1 is 1.73 bits per heavy atom. The van der Waals surface area contributed by atoms with Crippen LogP contribution in [0.4, 0.5) is 0 Å². The van der Waals surface area contributed by atoms with Crippen LogP contribution in [0.5, 0.6) is 0 Å². The van der Waals surface area contributed by atoms with Crippen LogP contribution in [0.25, 0.3) is 0 Å². The molecule has 0 unspecified atom stereocenters. The van der Waals surface area contributed by atoms with Crippen LogP contribution < -0.4 is 5.73 Å². The predicted molar refractivity (Wildman–Crippen MR) is 46.7 cm³/mol. The van der Waals surface area contributed by atoms with Gasteiger partial charge in [0.15, 0.2) is 0 Å². The molecule has 11 heavy (non-hydrogen) atoms. The van der Waals surface area contributed by atoms with E-state index in [1.807, 2.05) is 6.92 Å². The summed E-state index contributed by atoms with van der Waals surface area (Å²) in [5.74, 6) is 0. The zero-order valence-electron chi connectivity index (χ0n) is 6.63. The van der Waals surface area contributed by atoms with Crippen LogP contribution in [0.1, 0.15) is 23.5 Å². The van der Waals surface area contributed by atoms with E-state index >= 15 is 0 Å². The van der Waals surface area contributed by atoms with Crippen LogP contribution in [0.3, 0.4) is 0 Å². The Morgan fingerprint density at radius 3 is 2.91 bits per heavy atom. The molecule has 0 bridgehead atoms. The molecule has 2 nitrogen and oxygen atoms in total. The van der Waals surface area contributed by atoms with E-state index in [0.717, 1.165) is 12.1 Å². The molecule has 2 rings (SSSR count). The smallest absolute Gasteiger partial charge is 0.0946 e. The number of hydrogen-bond acceptors (Lipinski definition) is 3. The van der Waals surface area contributed by atoms with Gasteiger partial charge in [-0.05, 0) is 19.8 Å². The first-order valence-electron chi connectivity index (χ1n) is 3.88.